The Hall–Kier alpha value is -1.83. The van der Waals surface area contributed by atoms with E-state index in [0.717, 1.165) is 0 Å². The highest BCUT2D eigenvalue weighted by Gasteiger charge is 2.32. The number of anilines is 1. The second kappa shape index (κ2) is 6.30. The number of pyridine rings is 1. The van der Waals surface area contributed by atoms with Gasteiger partial charge in [0.2, 0.25) is 0 Å². The molecule has 1 amide bonds. The molecule has 0 aliphatic carbocycles. The van der Waals surface area contributed by atoms with Gasteiger partial charge >= 0.3 is 6.18 Å². The maximum Gasteiger partial charge on any atom is 0.401 e. The normalized spacial score (nSPS) is 16.9. The van der Waals surface area contributed by atoms with E-state index >= 15 is 0 Å². The van der Waals surface area contributed by atoms with E-state index in [9.17, 15) is 18.0 Å². The summed E-state index contributed by atoms with van der Waals surface area (Å²) in [6, 6.07) is 3.37. The highest BCUT2D eigenvalue weighted by Crippen LogP contribution is 2.19. The van der Waals surface area contributed by atoms with Crippen molar-refractivity contribution in [1.82, 2.24) is 15.2 Å². The first kappa shape index (κ1) is 15.6. The van der Waals surface area contributed by atoms with Crippen LogP contribution in [0, 0.1) is 0 Å². The van der Waals surface area contributed by atoms with Crippen molar-refractivity contribution in [3.63, 3.8) is 0 Å². The van der Waals surface area contributed by atoms with Gasteiger partial charge in [0.15, 0.2) is 0 Å². The Bertz CT molecular complexity index is 481. The van der Waals surface area contributed by atoms with Gasteiger partial charge in [-0.15, -0.1) is 0 Å². The fourth-order valence-electron chi connectivity index (χ4n) is 2.24. The van der Waals surface area contributed by atoms with Crippen molar-refractivity contribution < 1.29 is 18.0 Å². The van der Waals surface area contributed by atoms with E-state index in [2.05, 4.69) is 10.3 Å². The Morgan fingerprint density at radius 1 is 1.29 bits per heavy atom. The summed E-state index contributed by atoms with van der Waals surface area (Å²) in [5.74, 6) is 0.457. The Morgan fingerprint density at radius 3 is 2.43 bits per heavy atom. The predicted octanol–water partition coefficient (Wildman–Crippen LogP) is 1.13. The molecule has 5 nitrogen and oxygen atoms in total. The van der Waals surface area contributed by atoms with Crippen LogP contribution in [-0.4, -0.2) is 61.7 Å². The molecule has 1 aliphatic rings. The summed E-state index contributed by atoms with van der Waals surface area (Å²) < 4.78 is 36.9. The first-order valence-electron chi connectivity index (χ1n) is 6.61. The Labute approximate surface area is 120 Å². The van der Waals surface area contributed by atoms with Crippen LogP contribution in [0.25, 0.3) is 0 Å². The molecule has 1 aromatic rings. The molecule has 0 atom stereocenters. The van der Waals surface area contributed by atoms with E-state index < -0.39 is 12.7 Å². The van der Waals surface area contributed by atoms with Crippen molar-refractivity contribution in [2.24, 2.45) is 0 Å². The van der Waals surface area contributed by atoms with E-state index in [4.69, 9.17) is 0 Å². The van der Waals surface area contributed by atoms with Gasteiger partial charge in [-0.1, -0.05) is 0 Å². The van der Waals surface area contributed by atoms with Crippen LogP contribution in [-0.2, 0) is 0 Å². The standard InChI is InChI=1S/C13H17F3N4O/c1-17-12(21)10-2-3-11(18-8-10)20-6-4-19(5-7-20)9-13(14,15)16/h2-3,8H,4-7,9H2,1H3,(H,17,21). The third kappa shape index (κ3) is 4.32. The van der Waals surface area contributed by atoms with Gasteiger partial charge in [0.1, 0.15) is 5.82 Å². The minimum absolute atomic E-state index is 0.218. The summed E-state index contributed by atoms with van der Waals surface area (Å²) in [5, 5.41) is 2.50. The van der Waals surface area contributed by atoms with E-state index in [-0.39, 0.29) is 5.91 Å². The third-order valence-electron chi connectivity index (χ3n) is 3.34. The summed E-state index contributed by atoms with van der Waals surface area (Å²) >= 11 is 0. The zero-order chi connectivity index (χ0) is 15.5. The number of hydrogen-bond donors (Lipinski definition) is 1. The number of rotatable bonds is 3. The summed E-state index contributed by atoms with van der Waals surface area (Å²) in [4.78, 5) is 18.9. The predicted molar refractivity (Wildman–Crippen MR) is 72.3 cm³/mol. The maximum absolute atomic E-state index is 12.3. The fraction of sp³-hybridized carbons (Fsp3) is 0.538. The summed E-state index contributed by atoms with van der Waals surface area (Å²) in [6.07, 6.45) is -2.69. The third-order valence-corrected chi connectivity index (χ3v) is 3.34. The molecular weight excluding hydrogens is 285 g/mol. The largest absolute Gasteiger partial charge is 0.401 e. The monoisotopic (exact) mass is 302 g/mol. The van der Waals surface area contributed by atoms with E-state index in [1.807, 2.05) is 4.90 Å². The maximum atomic E-state index is 12.3. The topological polar surface area (TPSA) is 48.5 Å². The van der Waals surface area contributed by atoms with Crippen molar-refractivity contribution in [1.29, 1.82) is 0 Å². The van der Waals surface area contributed by atoms with Crippen LogP contribution in [0.2, 0.25) is 0 Å². The second-order valence-corrected chi connectivity index (χ2v) is 4.86. The lowest BCUT2D eigenvalue weighted by Crippen LogP contribution is -2.49. The summed E-state index contributed by atoms with van der Waals surface area (Å²) in [7, 11) is 1.54. The number of hydrogen-bond acceptors (Lipinski definition) is 4. The summed E-state index contributed by atoms with van der Waals surface area (Å²) in [5.41, 5.74) is 0.456. The number of carbonyl (C=O) groups is 1. The van der Waals surface area contributed by atoms with Gasteiger partial charge in [-0.25, -0.2) is 4.98 Å². The average molecular weight is 302 g/mol. The first-order chi connectivity index (χ1) is 9.89. The Balaban J connectivity index is 1.92. The average Bonchev–Trinajstić information content (AvgIpc) is 2.46. The van der Waals surface area contributed by atoms with Crippen LogP contribution in [0.3, 0.4) is 0 Å². The molecule has 1 aromatic heterocycles. The summed E-state index contributed by atoms with van der Waals surface area (Å²) in [6.45, 7) is 0.797. The van der Waals surface area contributed by atoms with Crippen molar-refractivity contribution in [2.45, 2.75) is 6.18 Å². The molecule has 0 aromatic carbocycles. The van der Waals surface area contributed by atoms with Gasteiger partial charge in [0, 0.05) is 39.4 Å². The smallest absolute Gasteiger partial charge is 0.355 e. The van der Waals surface area contributed by atoms with Crippen molar-refractivity contribution >= 4 is 11.7 Å². The highest BCUT2D eigenvalue weighted by atomic mass is 19.4. The Morgan fingerprint density at radius 2 is 1.95 bits per heavy atom. The molecule has 1 N–H and O–H groups in total. The molecule has 1 aliphatic heterocycles. The molecule has 0 radical (unpaired) electrons. The number of carbonyl (C=O) groups excluding carboxylic acids is 1. The van der Waals surface area contributed by atoms with Crippen LogP contribution >= 0.6 is 0 Å². The van der Waals surface area contributed by atoms with E-state index in [0.29, 0.717) is 37.6 Å². The number of halogens is 3. The molecule has 0 bridgehead atoms. The van der Waals surface area contributed by atoms with E-state index in [1.54, 1.807) is 12.1 Å². The van der Waals surface area contributed by atoms with Crippen LogP contribution in [0.1, 0.15) is 10.4 Å². The molecule has 21 heavy (non-hydrogen) atoms. The number of nitrogens with zero attached hydrogens (tertiary/aromatic N) is 3. The minimum atomic E-state index is -4.16. The first-order valence-corrected chi connectivity index (χ1v) is 6.61. The fourth-order valence-corrected chi connectivity index (χ4v) is 2.24. The van der Waals surface area contributed by atoms with E-state index in [1.165, 1.54) is 18.1 Å². The SMILES string of the molecule is CNC(=O)c1ccc(N2CCN(CC(F)(F)F)CC2)nc1. The molecule has 1 saturated heterocycles. The lowest BCUT2D eigenvalue weighted by Gasteiger charge is -2.35. The Kier molecular flexibility index (Phi) is 4.66. The molecule has 8 heteroatoms. The molecule has 116 valence electrons. The molecule has 0 saturated carbocycles. The van der Waals surface area contributed by atoms with Gasteiger partial charge in [-0.05, 0) is 12.1 Å². The molecule has 0 spiro atoms. The molecule has 2 heterocycles. The second-order valence-electron chi connectivity index (χ2n) is 4.86. The number of aromatic nitrogens is 1. The van der Waals surface area contributed by atoms with Gasteiger partial charge in [0.05, 0.1) is 12.1 Å². The van der Waals surface area contributed by atoms with Crippen molar-refractivity contribution in [2.75, 3.05) is 44.7 Å². The quantitative estimate of drug-likeness (QED) is 0.909. The zero-order valence-electron chi connectivity index (χ0n) is 11.7. The highest BCUT2D eigenvalue weighted by molar-refractivity contribution is 5.93. The minimum Gasteiger partial charge on any atom is -0.355 e. The van der Waals surface area contributed by atoms with Gasteiger partial charge in [-0.3, -0.25) is 9.69 Å². The number of nitrogens with one attached hydrogen (secondary N) is 1. The molecule has 1 fully saturated rings. The van der Waals surface area contributed by atoms with Crippen LogP contribution in [0.5, 0.6) is 0 Å². The number of amides is 1. The molecule has 0 unspecified atom stereocenters. The molecular formula is C13H17F3N4O. The van der Waals surface area contributed by atoms with Gasteiger partial charge < -0.3 is 10.2 Å². The van der Waals surface area contributed by atoms with Crippen LogP contribution < -0.4 is 10.2 Å². The lowest BCUT2D eigenvalue weighted by molar-refractivity contribution is -0.146. The van der Waals surface area contributed by atoms with Gasteiger partial charge in [-0.2, -0.15) is 13.2 Å². The number of alkyl halides is 3. The lowest BCUT2D eigenvalue weighted by atomic mass is 10.2. The van der Waals surface area contributed by atoms with Crippen molar-refractivity contribution in [3.8, 4) is 0 Å². The van der Waals surface area contributed by atoms with Crippen LogP contribution in [0.15, 0.2) is 18.3 Å². The molecule has 2 rings (SSSR count). The van der Waals surface area contributed by atoms with Gasteiger partial charge in [0.25, 0.3) is 5.91 Å². The van der Waals surface area contributed by atoms with Crippen molar-refractivity contribution in [3.05, 3.63) is 23.9 Å². The number of piperazine rings is 1. The zero-order valence-corrected chi connectivity index (χ0v) is 11.7. The van der Waals surface area contributed by atoms with Crippen LogP contribution in [0.4, 0.5) is 19.0 Å².